The van der Waals surface area contributed by atoms with Gasteiger partial charge in [0.25, 0.3) is 0 Å². The molecule has 4 rings (SSSR count). The zero-order valence-corrected chi connectivity index (χ0v) is 15.7. The molecule has 28 heavy (non-hydrogen) atoms. The second kappa shape index (κ2) is 8.10. The maximum atomic E-state index is 12.5. The molecule has 1 unspecified atom stereocenters. The summed E-state index contributed by atoms with van der Waals surface area (Å²) < 4.78 is 34.7. The van der Waals surface area contributed by atoms with Crippen LogP contribution in [0.15, 0.2) is 46.4 Å². The highest BCUT2D eigenvalue weighted by Gasteiger charge is 2.23. The molecule has 1 atom stereocenters. The number of nitrogens with one attached hydrogen (secondary N) is 1. The van der Waals surface area contributed by atoms with Crippen molar-refractivity contribution in [3.63, 3.8) is 0 Å². The van der Waals surface area contributed by atoms with Gasteiger partial charge in [-0.25, -0.2) is 4.98 Å². The van der Waals surface area contributed by atoms with E-state index in [-0.39, 0.29) is 24.1 Å². The molecule has 0 aliphatic heterocycles. The predicted molar refractivity (Wildman–Crippen MR) is 100 cm³/mol. The smallest absolute Gasteiger partial charge is 0.387 e. The summed E-state index contributed by atoms with van der Waals surface area (Å²) in [4.78, 5) is 17.8. The molecule has 146 valence electrons. The Labute approximate surface area is 164 Å². The highest BCUT2D eigenvalue weighted by molar-refractivity contribution is 7.13. The monoisotopic (exact) mass is 404 g/mol. The van der Waals surface area contributed by atoms with Crippen molar-refractivity contribution in [3.8, 4) is 16.5 Å². The van der Waals surface area contributed by atoms with Crippen molar-refractivity contribution in [2.45, 2.75) is 38.3 Å². The Kier molecular flexibility index (Phi) is 5.38. The number of benzene rings is 1. The van der Waals surface area contributed by atoms with Crippen LogP contribution in [0.5, 0.6) is 5.75 Å². The third-order valence-corrected chi connectivity index (χ3v) is 5.47. The van der Waals surface area contributed by atoms with Crippen molar-refractivity contribution >= 4 is 17.2 Å². The van der Waals surface area contributed by atoms with E-state index in [0.29, 0.717) is 11.6 Å². The van der Waals surface area contributed by atoms with E-state index in [9.17, 15) is 13.6 Å². The van der Waals surface area contributed by atoms with Crippen molar-refractivity contribution < 1.29 is 22.7 Å². The van der Waals surface area contributed by atoms with Crippen LogP contribution in [0.2, 0.25) is 0 Å². The van der Waals surface area contributed by atoms with Crippen LogP contribution in [0.1, 0.15) is 35.7 Å². The molecule has 0 spiro atoms. The number of oxazole rings is 1. The summed E-state index contributed by atoms with van der Waals surface area (Å²) in [6.45, 7) is -2.85. The van der Waals surface area contributed by atoms with Gasteiger partial charge in [0.15, 0.2) is 0 Å². The lowest BCUT2D eigenvalue weighted by atomic mass is 9.87. The van der Waals surface area contributed by atoms with E-state index in [1.165, 1.54) is 23.7 Å². The second-order valence-electron chi connectivity index (χ2n) is 6.55. The van der Waals surface area contributed by atoms with E-state index in [2.05, 4.69) is 15.0 Å². The van der Waals surface area contributed by atoms with Gasteiger partial charge in [-0.1, -0.05) is 12.1 Å². The number of amides is 1. The normalized spacial score (nSPS) is 16.0. The fraction of sp³-hybridized carbons (Fsp3) is 0.300. The van der Waals surface area contributed by atoms with Crippen LogP contribution in [0, 0.1) is 0 Å². The number of aromatic nitrogens is 1. The first-order valence-electron chi connectivity index (χ1n) is 8.94. The van der Waals surface area contributed by atoms with Gasteiger partial charge in [0.1, 0.15) is 12.0 Å². The molecule has 1 aromatic carbocycles. The van der Waals surface area contributed by atoms with Crippen LogP contribution in [-0.4, -0.2) is 17.5 Å². The van der Waals surface area contributed by atoms with Crippen LogP contribution in [-0.2, 0) is 17.6 Å². The Morgan fingerprint density at radius 3 is 3.07 bits per heavy atom. The Hall–Kier alpha value is -2.74. The average Bonchev–Trinajstić information content (AvgIpc) is 3.32. The number of hydrogen-bond acceptors (Lipinski definition) is 5. The van der Waals surface area contributed by atoms with Gasteiger partial charge < -0.3 is 14.5 Å². The lowest BCUT2D eigenvalue weighted by Crippen LogP contribution is -2.32. The largest absolute Gasteiger partial charge is 0.444 e. The summed E-state index contributed by atoms with van der Waals surface area (Å²) >= 11 is 1.52. The van der Waals surface area contributed by atoms with Crippen LogP contribution in [0.25, 0.3) is 10.8 Å². The fourth-order valence-electron chi connectivity index (χ4n) is 3.43. The summed E-state index contributed by atoms with van der Waals surface area (Å²) in [7, 11) is 0. The molecule has 1 aliphatic carbocycles. The lowest BCUT2D eigenvalue weighted by molar-refractivity contribution is -0.121. The van der Waals surface area contributed by atoms with Crippen molar-refractivity contribution in [1.29, 1.82) is 0 Å². The van der Waals surface area contributed by atoms with Gasteiger partial charge in [-0.3, -0.25) is 4.79 Å². The molecule has 1 amide bonds. The Bertz CT molecular complexity index is 956. The maximum Gasteiger partial charge on any atom is 0.387 e. The molecule has 5 nitrogen and oxygen atoms in total. The van der Waals surface area contributed by atoms with E-state index in [0.717, 1.165) is 35.3 Å². The standard InChI is InChI=1S/C20H18F2N2O3S/c21-20(22)27-14-6-7-15-12(9-14)3-1-4-16(15)24-18(25)10-13-11-26-19(23-13)17-5-2-8-28-17/h2,5-9,11,16,20H,1,3-4,10H2,(H,24,25). The molecule has 2 heterocycles. The number of halogens is 2. The molecular weight excluding hydrogens is 386 g/mol. The van der Waals surface area contributed by atoms with Gasteiger partial charge in [-0.05, 0) is 54.0 Å². The molecule has 0 bridgehead atoms. The third-order valence-electron chi connectivity index (χ3n) is 4.61. The minimum absolute atomic E-state index is 0.118. The zero-order chi connectivity index (χ0) is 19.5. The fourth-order valence-corrected chi connectivity index (χ4v) is 4.08. The molecule has 0 saturated heterocycles. The minimum atomic E-state index is -2.85. The Morgan fingerprint density at radius 1 is 1.39 bits per heavy atom. The van der Waals surface area contributed by atoms with Gasteiger partial charge in [0.2, 0.25) is 11.8 Å². The lowest BCUT2D eigenvalue weighted by Gasteiger charge is -2.26. The molecular formula is C20H18F2N2O3S. The molecule has 1 aliphatic rings. The van der Waals surface area contributed by atoms with E-state index < -0.39 is 6.61 Å². The number of carbonyl (C=O) groups is 1. The highest BCUT2D eigenvalue weighted by Crippen LogP contribution is 2.32. The van der Waals surface area contributed by atoms with E-state index >= 15 is 0 Å². The van der Waals surface area contributed by atoms with Crippen LogP contribution >= 0.6 is 11.3 Å². The first kappa shape index (κ1) is 18.6. The number of ether oxygens (including phenoxy) is 1. The van der Waals surface area contributed by atoms with Gasteiger partial charge in [-0.2, -0.15) is 8.78 Å². The van der Waals surface area contributed by atoms with E-state index in [4.69, 9.17) is 4.42 Å². The summed E-state index contributed by atoms with van der Waals surface area (Å²) in [5, 5.41) is 4.96. The van der Waals surface area contributed by atoms with Gasteiger partial charge in [-0.15, -0.1) is 11.3 Å². The van der Waals surface area contributed by atoms with Gasteiger partial charge in [0.05, 0.1) is 23.0 Å². The highest BCUT2D eigenvalue weighted by atomic mass is 32.1. The summed E-state index contributed by atoms with van der Waals surface area (Å²) in [5.41, 5.74) is 2.44. The number of aryl methyl sites for hydroxylation is 1. The summed E-state index contributed by atoms with van der Waals surface area (Å²) in [6, 6.07) is 8.56. The van der Waals surface area contributed by atoms with E-state index in [1.807, 2.05) is 17.5 Å². The molecule has 0 saturated carbocycles. The van der Waals surface area contributed by atoms with Crippen LogP contribution in [0.3, 0.4) is 0 Å². The quantitative estimate of drug-likeness (QED) is 0.645. The number of thiophene rings is 1. The molecule has 1 N–H and O–H groups in total. The molecule has 0 radical (unpaired) electrons. The van der Waals surface area contributed by atoms with Crippen LogP contribution < -0.4 is 10.1 Å². The number of nitrogens with zero attached hydrogens (tertiary/aromatic N) is 1. The maximum absolute atomic E-state index is 12.5. The first-order valence-corrected chi connectivity index (χ1v) is 9.82. The number of alkyl halides is 2. The zero-order valence-electron chi connectivity index (χ0n) is 14.9. The molecule has 2 aromatic heterocycles. The van der Waals surface area contributed by atoms with Gasteiger partial charge in [0, 0.05) is 0 Å². The molecule has 8 heteroatoms. The summed E-state index contributed by atoms with van der Waals surface area (Å²) in [5.74, 6) is 0.494. The predicted octanol–water partition coefficient (Wildman–Crippen LogP) is 4.74. The Balaban J connectivity index is 1.41. The first-order chi connectivity index (χ1) is 13.6. The Morgan fingerprint density at radius 2 is 2.29 bits per heavy atom. The van der Waals surface area contributed by atoms with Crippen molar-refractivity contribution in [2.75, 3.05) is 0 Å². The number of rotatable bonds is 6. The van der Waals surface area contributed by atoms with E-state index in [1.54, 1.807) is 12.1 Å². The SMILES string of the molecule is O=C(Cc1coc(-c2cccs2)n1)NC1CCCc2cc(OC(F)F)ccc21. The third kappa shape index (κ3) is 4.22. The second-order valence-corrected chi connectivity index (χ2v) is 7.50. The summed E-state index contributed by atoms with van der Waals surface area (Å²) in [6.07, 6.45) is 4.05. The minimum Gasteiger partial charge on any atom is -0.444 e. The van der Waals surface area contributed by atoms with Gasteiger partial charge >= 0.3 is 6.61 Å². The average molecular weight is 404 g/mol. The molecule has 0 fully saturated rings. The van der Waals surface area contributed by atoms with Crippen molar-refractivity contribution in [3.05, 3.63) is 58.8 Å². The van der Waals surface area contributed by atoms with Crippen molar-refractivity contribution in [1.82, 2.24) is 10.3 Å². The number of hydrogen-bond donors (Lipinski definition) is 1. The topological polar surface area (TPSA) is 64.4 Å². The number of fused-ring (bicyclic) bond motifs is 1. The number of carbonyl (C=O) groups excluding carboxylic acids is 1. The molecule has 3 aromatic rings. The van der Waals surface area contributed by atoms with Crippen LogP contribution in [0.4, 0.5) is 8.78 Å². The van der Waals surface area contributed by atoms with Crippen molar-refractivity contribution in [2.24, 2.45) is 0 Å².